The van der Waals surface area contributed by atoms with Gasteiger partial charge in [-0.25, -0.2) is 0 Å². The van der Waals surface area contributed by atoms with Gasteiger partial charge in [-0.3, -0.25) is 4.79 Å². The molecule has 5 nitrogen and oxygen atoms in total. The van der Waals surface area contributed by atoms with Crippen LogP contribution in [0.2, 0.25) is 0 Å². The fourth-order valence-electron chi connectivity index (χ4n) is 1.46. The van der Waals surface area contributed by atoms with Crippen LogP contribution in [0.5, 0.6) is 0 Å². The number of hydrogen-bond donors (Lipinski definition) is 4. The monoisotopic (exact) mass is 217 g/mol. The molecule has 90 valence electrons. The van der Waals surface area contributed by atoms with E-state index in [0.717, 1.165) is 32.1 Å². The largest absolute Gasteiger partial charge is 0.481 e. The second-order valence-electron chi connectivity index (χ2n) is 4.08. The maximum absolute atomic E-state index is 10.2. The molecule has 0 rings (SSSR count). The average molecular weight is 217 g/mol. The van der Waals surface area contributed by atoms with E-state index in [4.69, 9.17) is 22.3 Å². The van der Waals surface area contributed by atoms with Gasteiger partial charge in [0.2, 0.25) is 0 Å². The quantitative estimate of drug-likeness (QED) is 0.329. The number of rotatable bonds is 9. The van der Waals surface area contributed by atoms with Crippen LogP contribution in [-0.4, -0.2) is 23.3 Å². The average Bonchev–Trinajstić information content (AvgIpc) is 2.14. The van der Waals surface area contributed by atoms with Crippen LogP contribution in [0.1, 0.15) is 44.9 Å². The minimum absolute atomic E-state index is 0.227. The topological polar surface area (TPSA) is 115 Å². The SMILES string of the molecule is NCCCC(N)(N)CCCCCC(=O)O. The van der Waals surface area contributed by atoms with Crippen molar-refractivity contribution in [3.05, 3.63) is 0 Å². The molecule has 0 amide bonds. The van der Waals surface area contributed by atoms with E-state index in [2.05, 4.69) is 0 Å². The molecule has 15 heavy (non-hydrogen) atoms. The zero-order chi connectivity index (χ0) is 11.7. The van der Waals surface area contributed by atoms with Gasteiger partial charge in [0.1, 0.15) is 0 Å². The van der Waals surface area contributed by atoms with Crippen LogP contribution < -0.4 is 17.2 Å². The number of unbranched alkanes of at least 4 members (excludes halogenated alkanes) is 2. The van der Waals surface area contributed by atoms with Crippen molar-refractivity contribution >= 4 is 5.97 Å². The summed E-state index contributed by atoms with van der Waals surface area (Å²) in [6, 6.07) is 0. The molecule has 0 heterocycles. The molecule has 0 aliphatic rings. The fraction of sp³-hybridized carbons (Fsp3) is 0.900. The van der Waals surface area contributed by atoms with Crippen LogP contribution in [0.4, 0.5) is 0 Å². The van der Waals surface area contributed by atoms with Crippen LogP contribution in [0, 0.1) is 0 Å². The lowest BCUT2D eigenvalue weighted by molar-refractivity contribution is -0.137. The van der Waals surface area contributed by atoms with Crippen molar-refractivity contribution in [2.24, 2.45) is 17.2 Å². The molecule has 0 unspecified atom stereocenters. The third-order valence-electron chi connectivity index (χ3n) is 2.38. The predicted molar refractivity (Wildman–Crippen MR) is 60.1 cm³/mol. The molecule has 5 heteroatoms. The molecule has 0 saturated heterocycles. The summed E-state index contributed by atoms with van der Waals surface area (Å²) in [7, 11) is 0. The van der Waals surface area contributed by atoms with Crippen LogP contribution in [0.25, 0.3) is 0 Å². The van der Waals surface area contributed by atoms with Crippen LogP contribution >= 0.6 is 0 Å². The lowest BCUT2D eigenvalue weighted by atomic mass is 9.98. The Hall–Kier alpha value is -0.650. The molecular formula is C10H23N3O2. The minimum Gasteiger partial charge on any atom is -0.481 e. The van der Waals surface area contributed by atoms with Gasteiger partial charge < -0.3 is 22.3 Å². The first-order valence-corrected chi connectivity index (χ1v) is 5.47. The van der Waals surface area contributed by atoms with Crippen molar-refractivity contribution in [1.82, 2.24) is 0 Å². The van der Waals surface area contributed by atoms with E-state index in [-0.39, 0.29) is 6.42 Å². The first-order chi connectivity index (χ1) is 6.98. The van der Waals surface area contributed by atoms with Crippen molar-refractivity contribution in [2.75, 3.05) is 6.54 Å². The molecule has 0 atom stereocenters. The highest BCUT2D eigenvalue weighted by Gasteiger charge is 2.17. The molecule has 0 aromatic carbocycles. The molecule has 0 aliphatic carbocycles. The fourth-order valence-corrected chi connectivity index (χ4v) is 1.46. The van der Waals surface area contributed by atoms with Gasteiger partial charge in [0, 0.05) is 6.42 Å². The summed E-state index contributed by atoms with van der Waals surface area (Å²) in [5, 5.41) is 8.43. The summed E-state index contributed by atoms with van der Waals surface area (Å²) in [5.74, 6) is -0.745. The molecule has 0 aliphatic heterocycles. The Balaban J connectivity index is 3.43. The van der Waals surface area contributed by atoms with Crippen LogP contribution in [0.15, 0.2) is 0 Å². The third kappa shape index (κ3) is 9.65. The van der Waals surface area contributed by atoms with Crippen molar-refractivity contribution in [1.29, 1.82) is 0 Å². The molecular weight excluding hydrogens is 194 g/mol. The van der Waals surface area contributed by atoms with Crippen molar-refractivity contribution in [3.63, 3.8) is 0 Å². The van der Waals surface area contributed by atoms with Crippen molar-refractivity contribution in [3.8, 4) is 0 Å². The maximum atomic E-state index is 10.2. The van der Waals surface area contributed by atoms with Crippen LogP contribution in [0.3, 0.4) is 0 Å². The number of aliphatic carboxylic acids is 1. The molecule has 0 aromatic heterocycles. The van der Waals surface area contributed by atoms with E-state index >= 15 is 0 Å². The van der Waals surface area contributed by atoms with Gasteiger partial charge in [-0.2, -0.15) is 0 Å². The standard InChI is InChI=1S/C10H23N3O2/c11-8-4-7-10(12,13)6-3-1-2-5-9(14)15/h1-8,11-13H2,(H,14,15). The molecule has 0 saturated carbocycles. The van der Waals surface area contributed by atoms with Crippen molar-refractivity contribution < 1.29 is 9.90 Å². The zero-order valence-corrected chi connectivity index (χ0v) is 9.24. The zero-order valence-electron chi connectivity index (χ0n) is 9.24. The summed E-state index contributed by atoms with van der Waals surface area (Å²) >= 11 is 0. The first-order valence-electron chi connectivity index (χ1n) is 5.47. The number of carboxylic acids is 1. The highest BCUT2D eigenvalue weighted by molar-refractivity contribution is 5.66. The second-order valence-corrected chi connectivity index (χ2v) is 4.08. The van der Waals surface area contributed by atoms with E-state index in [9.17, 15) is 4.79 Å². The highest BCUT2D eigenvalue weighted by Crippen LogP contribution is 2.13. The van der Waals surface area contributed by atoms with Gasteiger partial charge in [-0.05, 0) is 32.2 Å². The molecule has 0 radical (unpaired) electrons. The van der Waals surface area contributed by atoms with Crippen molar-refractivity contribution in [2.45, 2.75) is 50.6 Å². The number of carbonyl (C=O) groups is 1. The summed E-state index contributed by atoms with van der Waals surface area (Å²) in [5.41, 5.74) is 16.4. The summed E-state index contributed by atoms with van der Waals surface area (Å²) in [4.78, 5) is 10.2. The van der Waals surface area contributed by atoms with Gasteiger partial charge in [0.25, 0.3) is 0 Å². The Morgan fingerprint density at radius 2 is 1.67 bits per heavy atom. The summed E-state index contributed by atoms with van der Waals surface area (Å²) in [6.07, 6.45) is 4.96. The highest BCUT2D eigenvalue weighted by atomic mass is 16.4. The Bertz CT molecular complexity index is 184. The molecule has 0 spiro atoms. The summed E-state index contributed by atoms with van der Waals surface area (Å²) < 4.78 is 0. The third-order valence-corrected chi connectivity index (χ3v) is 2.38. The number of carboxylic acid groups (broad SMARTS) is 1. The Morgan fingerprint density at radius 3 is 2.20 bits per heavy atom. The molecule has 0 bridgehead atoms. The van der Waals surface area contributed by atoms with Gasteiger partial charge in [0.15, 0.2) is 0 Å². The lowest BCUT2D eigenvalue weighted by Gasteiger charge is -2.24. The smallest absolute Gasteiger partial charge is 0.303 e. The van der Waals surface area contributed by atoms with E-state index in [1.165, 1.54) is 0 Å². The molecule has 0 fully saturated rings. The number of hydrogen-bond acceptors (Lipinski definition) is 4. The molecule has 0 aromatic rings. The Labute approximate surface area is 91.0 Å². The van der Waals surface area contributed by atoms with Gasteiger partial charge in [0.05, 0.1) is 5.66 Å². The van der Waals surface area contributed by atoms with Crippen LogP contribution in [-0.2, 0) is 4.79 Å². The normalized spacial score (nSPS) is 11.7. The first kappa shape index (κ1) is 14.3. The lowest BCUT2D eigenvalue weighted by Crippen LogP contribution is -2.49. The van der Waals surface area contributed by atoms with E-state index in [0.29, 0.717) is 13.0 Å². The van der Waals surface area contributed by atoms with Gasteiger partial charge in [-0.1, -0.05) is 12.8 Å². The second kappa shape index (κ2) is 7.62. The van der Waals surface area contributed by atoms with Gasteiger partial charge in [-0.15, -0.1) is 0 Å². The van der Waals surface area contributed by atoms with E-state index in [1.54, 1.807) is 0 Å². The summed E-state index contributed by atoms with van der Waals surface area (Å²) in [6.45, 7) is 0.606. The van der Waals surface area contributed by atoms with Gasteiger partial charge >= 0.3 is 5.97 Å². The van der Waals surface area contributed by atoms with E-state index < -0.39 is 11.6 Å². The molecule has 7 N–H and O–H groups in total. The van der Waals surface area contributed by atoms with E-state index in [1.807, 2.05) is 0 Å². The Kier molecular flexibility index (Phi) is 7.29. The minimum atomic E-state index is -0.745. The predicted octanol–water partition coefficient (Wildman–Crippen LogP) is 0.374. The Morgan fingerprint density at radius 1 is 1.07 bits per heavy atom. The number of nitrogens with two attached hydrogens (primary N) is 3. The maximum Gasteiger partial charge on any atom is 0.303 e.